The average Bonchev–Trinajstić information content (AvgIpc) is 3.07. The Bertz CT molecular complexity index is 795. The second kappa shape index (κ2) is 7.34. The zero-order valence-corrected chi connectivity index (χ0v) is 13.9. The van der Waals surface area contributed by atoms with Crippen molar-refractivity contribution in [2.24, 2.45) is 5.92 Å². The maximum Gasteiger partial charge on any atom is 0.310 e. The summed E-state index contributed by atoms with van der Waals surface area (Å²) in [7, 11) is 0. The molecule has 0 bridgehead atoms. The number of oxazole rings is 1. The highest BCUT2D eigenvalue weighted by Gasteiger charge is 2.30. The fourth-order valence-corrected chi connectivity index (χ4v) is 2.93. The molecular weight excluding hydrogens is 325 g/mol. The van der Waals surface area contributed by atoms with E-state index in [0.29, 0.717) is 31.1 Å². The molecule has 1 aromatic heterocycles. The minimum absolute atomic E-state index is 0.156. The van der Waals surface area contributed by atoms with E-state index in [1.807, 2.05) is 11.0 Å². The van der Waals surface area contributed by atoms with Gasteiger partial charge in [-0.2, -0.15) is 10.2 Å². The van der Waals surface area contributed by atoms with Crippen LogP contribution >= 0.6 is 0 Å². The number of halogens is 1. The Hall–Kier alpha value is -2.88. The molecule has 0 saturated carbocycles. The van der Waals surface area contributed by atoms with Crippen molar-refractivity contribution in [3.8, 4) is 17.5 Å². The largest absolute Gasteiger partial charge is 0.466 e. The van der Waals surface area contributed by atoms with Crippen LogP contribution in [0.1, 0.15) is 25.5 Å². The van der Waals surface area contributed by atoms with Gasteiger partial charge in [-0.1, -0.05) is 0 Å². The van der Waals surface area contributed by atoms with E-state index in [1.165, 1.54) is 12.1 Å². The summed E-state index contributed by atoms with van der Waals surface area (Å²) >= 11 is 0. The summed E-state index contributed by atoms with van der Waals surface area (Å²) in [6.07, 6.45) is 1.54. The van der Waals surface area contributed by atoms with Gasteiger partial charge in [0.2, 0.25) is 17.5 Å². The van der Waals surface area contributed by atoms with Crippen molar-refractivity contribution in [2.75, 3.05) is 24.6 Å². The number of piperidine rings is 1. The first-order chi connectivity index (χ1) is 12.1. The standard InChI is InChI=1S/C18H18FN3O3/c1-2-24-18(23)13-4-3-9-22(11-13)17-15(10-20)21-16(25-17)12-5-7-14(19)8-6-12/h5-8,13H,2-4,9,11H2,1H3. The molecule has 6 nitrogen and oxygen atoms in total. The van der Waals surface area contributed by atoms with Gasteiger partial charge in [0.25, 0.3) is 0 Å². The number of esters is 1. The zero-order valence-electron chi connectivity index (χ0n) is 13.9. The normalized spacial score (nSPS) is 17.2. The summed E-state index contributed by atoms with van der Waals surface area (Å²) in [6, 6.07) is 7.73. The molecule has 0 amide bonds. The van der Waals surface area contributed by atoms with Gasteiger partial charge in [0.1, 0.15) is 11.9 Å². The third-order valence-electron chi connectivity index (χ3n) is 4.13. The summed E-state index contributed by atoms with van der Waals surface area (Å²) in [4.78, 5) is 18.0. The number of hydrogen-bond donors (Lipinski definition) is 0. The molecule has 1 atom stereocenters. The predicted octanol–water partition coefficient (Wildman–Crippen LogP) is 3.13. The Morgan fingerprint density at radius 1 is 1.48 bits per heavy atom. The number of rotatable bonds is 4. The molecule has 1 aliphatic rings. The summed E-state index contributed by atoms with van der Waals surface area (Å²) in [5, 5.41) is 9.36. The Labute approximate surface area is 144 Å². The highest BCUT2D eigenvalue weighted by molar-refractivity contribution is 5.73. The van der Waals surface area contributed by atoms with Crippen molar-refractivity contribution in [3.05, 3.63) is 35.8 Å². The lowest BCUT2D eigenvalue weighted by molar-refractivity contribution is -0.148. The van der Waals surface area contributed by atoms with Crippen LogP contribution in [-0.4, -0.2) is 30.6 Å². The summed E-state index contributed by atoms with van der Waals surface area (Å²) < 4.78 is 23.9. The van der Waals surface area contributed by atoms with E-state index in [2.05, 4.69) is 4.98 Å². The summed E-state index contributed by atoms with van der Waals surface area (Å²) in [5.41, 5.74) is 0.743. The van der Waals surface area contributed by atoms with Crippen LogP contribution in [0.15, 0.2) is 28.7 Å². The Morgan fingerprint density at radius 3 is 2.92 bits per heavy atom. The molecule has 0 radical (unpaired) electrons. The van der Waals surface area contributed by atoms with E-state index in [1.54, 1.807) is 19.1 Å². The highest BCUT2D eigenvalue weighted by atomic mass is 19.1. The monoisotopic (exact) mass is 343 g/mol. The molecule has 130 valence electrons. The fourth-order valence-electron chi connectivity index (χ4n) is 2.93. The number of ether oxygens (including phenoxy) is 1. The third kappa shape index (κ3) is 3.63. The summed E-state index contributed by atoms with van der Waals surface area (Å²) in [5.74, 6) is -0.242. The molecular formula is C18H18FN3O3. The van der Waals surface area contributed by atoms with Crippen LogP contribution in [0, 0.1) is 23.1 Å². The first kappa shape index (κ1) is 17.0. The van der Waals surface area contributed by atoms with Gasteiger partial charge in [-0.15, -0.1) is 0 Å². The van der Waals surface area contributed by atoms with Crippen LogP contribution < -0.4 is 4.90 Å². The van der Waals surface area contributed by atoms with Gasteiger partial charge in [0, 0.05) is 18.7 Å². The van der Waals surface area contributed by atoms with Crippen LogP contribution in [0.5, 0.6) is 0 Å². The number of hydrogen-bond acceptors (Lipinski definition) is 6. The van der Waals surface area contributed by atoms with Crippen LogP contribution in [0.4, 0.5) is 10.3 Å². The molecule has 25 heavy (non-hydrogen) atoms. The SMILES string of the molecule is CCOC(=O)C1CCCN(c2oc(-c3ccc(F)cc3)nc2C#N)C1. The second-order valence-corrected chi connectivity index (χ2v) is 5.83. The van der Waals surface area contributed by atoms with Gasteiger partial charge in [-0.05, 0) is 44.0 Å². The minimum Gasteiger partial charge on any atom is -0.466 e. The lowest BCUT2D eigenvalue weighted by atomic mass is 9.98. The quantitative estimate of drug-likeness (QED) is 0.794. The van der Waals surface area contributed by atoms with Gasteiger partial charge < -0.3 is 14.1 Å². The Morgan fingerprint density at radius 2 is 2.24 bits per heavy atom. The topological polar surface area (TPSA) is 79.4 Å². The molecule has 1 aliphatic heterocycles. The predicted molar refractivity (Wildman–Crippen MR) is 88.2 cm³/mol. The number of nitriles is 1. The first-order valence-corrected chi connectivity index (χ1v) is 8.20. The van der Waals surface area contributed by atoms with Crippen LogP contribution in [-0.2, 0) is 9.53 Å². The smallest absolute Gasteiger partial charge is 0.310 e. The number of benzene rings is 1. The number of aromatic nitrogens is 1. The Balaban J connectivity index is 1.85. The number of nitrogens with zero attached hydrogens (tertiary/aromatic N) is 3. The molecule has 0 aliphatic carbocycles. The molecule has 1 fully saturated rings. The van der Waals surface area contributed by atoms with Gasteiger partial charge in [-0.3, -0.25) is 4.79 Å². The maximum atomic E-state index is 13.1. The Kier molecular flexibility index (Phi) is 4.98. The lowest BCUT2D eigenvalue weighted by Gasteiger charge is -2.31. The van der Waals surface area contributed by atoms with Crippen molar-refractivity contribution in [1.29, 1.82) is 5.26 Å². The minimum atomic E-state index is -0.357. The average molecular weight is 343 g/mol. The number of carbonyl (C=O) groups is 1. The molecule has 3 rings (SSSR count). The highest BCUT2D eigenvalue weighted by Crippen LogP contribution is 2.31. The molecule has 1 unspecified atom stereocenters. The van der Waals surface area contributed by atoms with E-state index in [9.17, 15) is 14.4 Å². The first-order valence-electron chi connectivity index (χ1n) is 8.20. The molecule has 2 aromatic rings. The summed E-state index contributed by atoms with van der Waals surface area (Å²) in [6.45, 7) is 3.21. The lowest BCUT2D eigenvalue weighted by Crippen LogP contribution is -2.39. The van der Waals surface area contributed by atoms with Crippen molar-refractivity contribution in [3.63, 3.8) is 0 Å². The number of carbonyl (C=O) groups excluding carboxylic acids is 1. The zero-order chi connectivity index (χ0) is 17.8. The molecule has 0 N–H and O–H groups in total. The van der Waals surface area contributed by atoms with Crippen LogP contribution in [0.2, 0.25) is 0 Å². The van der Waals surface area contributed by atoms with E-state index >= 15 is 0 Å². The third-order valence-corrected chi connectivity index (χ3v) is 4.13. The van der Waals surface area contributed by atoms with Crippen LogP contribution in [0.3, 0.4) is 0 Å². The van der Waals surface area contributed by atoms with Crippen molar-refractivity contribution in [2.45, 2.75) is 19.8 Å². The van der Waals surface area contributed by atoms with E-state index in [4.69, 9.17) is 9.15 Å². The maximum absolute atomic E-state index is 13.1. The van der Waals surface area contributed by atoms with Crippen LogP contribution in [0.25, 0.3) is 11.5 Å². The molecule has 0 spiro atoms. The van der Waals surface area contributed by atoms with Crippen molar-refractivity contribution >= 4 is 11.9 Å². The number of anilines is 1. The van der Waals surface area contributed by atoms with E-state index in [-0.39, 0.29) is 29.3 Å². The van der Waals surface area contributed by atoms with Gasteiger partial charge in [0.15, 0.2) is 0 Å². The second-order valence-electron chi connectivity index (χ2n) is 5.83. The molecule has 2 heterocycles. The van der Waals surface area contributed by atoms with E-state index < -0.39 is 0 Å². The molecule has 7 heteroatoms. The molecule has 1 saturated heterocycles. The van der Waals surface area contributed by atoms with Gasteiger partial charge in [-0.25, -0.2) is 4.39 Å². The van der Waals surface area contributed by atoms with Crippen molar-refractivity contribution in [1.82, 2.24) is 4.98 Å². The fraction of sp³-hybridized carbons (Fsp3) is 0.389. The van der Waals surface area contributed by atoms with Gasteiger partial charge in [0.05, 0.1) is 12.5 Å². The van der Waals surface area contributed by atoms with E-state index in [0.717, 1.165) is 12.8 Å². The van der Waals surface area contributed by atoms with Gasteiger partial charge >= 0.3 is 5.97 Å². The molecule has 1 aromatic carbocycles. The van der Waals surface area contributed by atoms with Crippen molar-refractivity contribution < 1.29 is 18.3 Å².